The van der Waals surface area contributed by atoms with Crippen LogP contribution in [0.15, 0.2) is 66.7 Å². The minimum Gasteiger partial charge on any atom is -0.0932 e. The van der Waals surface area contributed by atoms with E-state index in [2.05, 4.69) is 88.3 Å². The van der Waals surface area contributed by atoms with Gasteiger partial charge in [0.25, 0.3) is 0 Å². The largest absolute Gasteiger partial charge is 0.114 e. The summed E-state index contributed by atoms with van der Waals surface area (Å²) < 4.78 is 0. The summed E-state index contributed by atoms with van der Waals surface area (Å²) in [7, 11) is 4.59. The van der Waals surface area contributed by atoms with Gasteiger partial charge in [0.1, 0.15) is 7.17 Å². The van der Waals surface area contributed by atoms with Gasteiger partial charge in [0.05, 0.1) is 14.8 Å². The third kappa shape index (κ3) is 2.13. The van der Waals surface area contributed by atoms with Crippen LogP contribution in [0.1, 0.15) is 25.0 Å². The van der Waals surface area contributed by atoms with Crippen molar-refractivity contribution in [3.8, 4) is 11.1 Å². The van der Waals surface area contributed by atoms with Crippen LogP contribution in [0.3, 0.4) is 0 Å². The molecule has 0 unspecified atom stereocenters. The van der Waals surface area contributed by atoms with Crippen molar-refractivity contribution < 1.29 is 0 Å². The van der Waals surface area contributed by atoms with Gasteiger partial charge < -0.3 is 0 Å². The fraction of sp³-hybridized carbons (Fsp3) is 0.130. The van der Waals surface area contributed by atoms with E-state index in [9.17, 15) is 0 Å². The molecule has 0 fully saturated rings. The summed E-state index contributed by atoms with van der Waals surface area (Å²) in [5.41, 5.74) is 7.20. The molecule has 0 atom stereocenters. The zero-order valence-electron chi connectivity index (χ0n) is 15.8. The molecule has 122 valence electrons. The highest BCUT2D eigenvalue weighted by Gasteiger charge is 2.35. The van der Waals surface area contributed by atoms with Crippen LogP contribution in [-0.2, 0) is 5.41 Å². The van der Waals surface area contributed by atoms with Gasteiger partial charge in [0, 0.05) is 5.41 Å². The van der Waals surface area contributed by atoms with Crippen molar-refractivity contribution in [3.63, 3.8) is 0 Å². The molecular formula is C23H21B3. The van der Waals surface area contributed by atoms with Gasteiger partial charge in [-0.05, 0) is 55.9 Å². The Morgan fingerprint density at radius 1 is 0.731 bits per heavy atom. The van der Waals surface area contributed by atoms with Crippen molar-refractivity contribution in [2.75, 3.05) is 0 Å². The van der Waals surface area contributed by atoms with Crippen molar-refractivity contribution in [1.82, 2.24) is 0 Å². The summed E-state index contributed by atoms with van der Waals surface area (Å²) in [6.07, 6.45) is 0. The molecule has 0 radical (unpaired) electrons. The first-order chi connectivity index (χ1) is 12.6. The van der Waals surface area contributed by atoms with Crippen molar-refractivity contribution in [3.05, 3.63) is 77.9 Å². The molecule has 0 aliphatic heterocycles. The van der Waals surface area contributed by atoms with Crippen molar-refractivity contribution in [2.45, 2.75) is 19.3 Å². The maximum Gasteiger partial charge on any atom is 0.114 e. The highest BCUT2D eigenvalue weighted by molar-refractivity contribution is 7.27. The second-order valence-electron chi connectivity index (χ2n) is 8.16. The van der Waals surface area contributed by atoms with Crippen LogP contribution in [0.5, 0.6) is 0 Å². The van der Waals surface area contributed by atoms with Gasteiger partial charge in [0.2, 0.25) is 0 Å². The first-order valence-corrected chi connectivity index (χ1v) is 9.69. The lowest BCUT2D eigenvalue weighted by Gasteiger charge is -2.22. The highest BCUT2D eigenvalue weighted by atomic mass is 14.4. The van der Waals surface area contributed by atoms with E-state index in [4.69, 9.17) is 0 Å². The Balaban J connectivity index is 1.85. The van der Waals surface area contributed by atoms with Crippen LogP contribution in [-0.4, -0.2) is 22.0 Å². The molecule has 0 saturated heterocycles. The van der Waals surface area contributed by atoms with Crippen LogP contribution >= 0.6 is 0 Å². The molecule has 0 bridgehead atoms. The molecule has 1 aliphatic carbocycles. The van der Waals surface area contributed by atoms with Crippen LogP contribution in [0.4, 0.5) is 0 Å². The van der Waals surface area contributed by atoms with Crippen LogP contribution in [0.2, 0.25) is 0 Å². The third-order valence-corrected chi connectivity index (χ3v) is 6.14. The quantitative estimate of drug-likeness (QED) is 0.391. The normalized spacial score (nSPS) is 14.2. The Labute approximate surface area is 157 Å². The fourth-order valence-corrected chi connectivity index (χ4v) is 4.74. The smallest absolute Gasteiger partial charge is 0.0932 e. The van der Waals surface area contributed by atoms with E-state index in [1.807, 2.05) is 0 Å². The van der Waals surface area contributed by atoms with Gasteiger partial charge in [-0.1, -0.05) is 73.9 Å². The first kappa shape index (κ1) is 15.8. The number of rotatable bonds is 2. The van der Waals surface area contributed by atoms with E-state index >= 15 is 0 Å². The molecule has 0 nitrogen and oxygen atoms in total. The van der Waals surface area contributed by atoms with Gasteiger partial charge in [-0.3, -0.25) is 0 Å². The molecule has 3 heteroatoms. The Hall–Kier alpha value is -2.41. The topological polar surface area (TPSA) is 0 Å². The van der Waals surface area contributed by atoms with Crippen molar-refractivity contribution in [2.24, 2.45) is 0 Å². The minimum absolute atomic E-state index is 0.0588. The van der Waals surface area contributed by atoms with Gasteiger partial charge in [-0.2, -0.15) is 0 Å². The first-order valence-electron chi connectivity index (χ1n) is 9.69. The van der Waals surface area contributed by atoms with Gasteiger partial charge in [-0.25, -0.2) is 0 Å². The maximum atomic E-state index is 2.46. The molecule has 0 N–H and O–H groups in total. The fourth-order valence-electron chi connectivity index (χ4n) is 4.74. The monoisotopic (exact) mass is 330 g/mol. The van der Waals surface area contributed by atoms with E-state index in [1.54, 1.807) is 0 Å². The van der Waals surface area contributed by atoms with Gasteiger partial charge >= 0.3 is 0 Å². The highest BCUT2D eigenvalue weighted by Crippen LogP contribution is 2.50. The molecule has 1 aliphatic rings. The lowest BCUT2D eigenvalue weighted by molar-refractivity contribution is 0.661. The SMILES string of the molecule is BBBc1ccc2ccc3cc4c(cc3c2c1)C(C)(C)c1ccccc1-4. The average molecular weight is 330 g/mol. The number of fused-ring (bicyclic) bond motifs is 6. The van der Waals surface area contributed by atoms with E-state index in [0.29, 0.717) is 0 Å². The molecule has 0 saturated carbocycles. The zero-order valence-corrected chi connectivity index (χ0v) is 15.8. The van der Waals surface area contributed by atoms with E-state index in [0.717, 1.165) is 7.17 Å². The summed E-state index contributed by atoms with van der Waals surface area (Å²) in [5, 5.41) is 5.46. The molecule has 4 aromatic carbocycles. The predicted molar refractivity (Wildman–Crippen MR) is 121 cm³/mol. The molecule has 5 rings (SSSR count). The Morgan fingerprint density at radius 2 is 1.46 bits per heavy atom. The number of hydrogen-bond acceptors (Lipinski definition) is 0. The second-order valence-corrected chi connectivity index (χ2v) is 8.16. The van der Waals surface area contributed by atoms with E-state index in [1.165, 1.54) is 56.3 Å². The molecule has 0 amide bonds. The van der Waals surface area contributed by atoms with Gasteiger partial charge in [0.15, 0.2) is 0 Å². The summed E-state index contributed by atoms with van der Waals surface area (Å²) in [6.45, 7) is 4.72. The van der Waals surface area contributed by atoms with Crippen LogP contribution < -0.4 is 5.46 Å². The predicted octanol–water partition coefficient (Wildman–Crippen LogP) is 3.26. The molecule has 4 aromatic rings. The Morgan fingerprint density at radius 3 is 2.31 bits per heavy atom. The summed E-state index contributed by atoms with van der Waals surface area (Å²) in [5.74, 6) is 0. The Bertz CT molecular complexity index is 1170. The zero-order chi connectivity index (χ0) is 17.9. The lowest BCUT2D eigenvalue weighted by Crippen LogP contribution is -2.20. The Kier molecular flexibility index (Phi) is 3.37. The van der Waals surface area contributed by atoms with Gasteiger partial charge in [-0.15, -0.1) is 0 Å². The van der Waals surface area contributed by atoms with Crippen molar-refractivity contribution in [1.29, 1.82) is 0 Å². The minimum atomic E-state index is 0.0588. The average Bonchev–Trinajstić information content (AvgIpc) is 2.88. The number of hydrogen-bond donors (Lipinski definition) is 0. The molecule has 0 spiro atoms. The summed E-state index contributed by atoms with van der Waals surface area (Å²) >= 11 is 0. The number of benzene rings is 4. The van der Waals surface area contributed by atoms with Crippen LogP contribution in [0, 0.1) is 0 Å². The van der Waals surface area contributed by atoms with Crippen molar-refractivity contribution >= 4 is 49.0 Å². The third-order valence-electron chi connectivity index (χ3n) is 6.14. The maximum absolute atomic E-state index is 2.46. The van der Waals surface area contributed by atoms with E-state index < -0.39 is 0 Å². The van der Waals surface area contributed by atoms with Crippen LogP contribution in [0.25, 0.3) is 32.7 Å². The molecular weight excluding hydrogens is 309 g/mol. The standard InChI is InChI=1S/C23H21B3/c1-23(2)21-6-4-3-5-17(21)20-11-15-8-7-14-9-10-16(25-26-24)12-18(14)19(15)13-22(20)23/h3-13,25-26H,24H2,1-2H3. The van der Waals surface area contributed by atoms with E-state index in [-0.39, 0.29) is 5.41 Å². The molecule has 0 aromatic heterocycles. The molecule has 26 heavy (non-hydrogen) atoms. The summed E-state index contributed by atoms with van der Waals surface area (Å²) in [6, 6.07) is 25.3. The lowest BCUT2D eigenvalue weighted by atomic mass is 9.26. The molecule has 0 heterocycles. The second kappa shape index (κ2) is 5.54. The summed E-state index contributed by atoms with van der Waals surface area (Å²) in [4.78, 5) is 0.